The summed E-state index contributed by atoms with van der Waals surface area (Å²) in [7, 11) is 0. The largest absolute Gasteiger partial charge is 0.469 e. The number of allylic oxidation sites excluding steroid dienone is 4. The highest BCUT2D eigenvalue weighted by Gasteiger charge is 2.40. The molecule has 0 saturated heterocycles. The molecule has 84 valence electrons. The second-order valence-corrected chi connectivity index (χ2v) is 5.53. The Morgan fingerprint density at radius 2 is 2.19 bits per heavy atom. The van der Waals surface area contributed by atoms with Crippen molar-refractivity contribution in [2.24, 2.45) is 11.3 Å². The van der Waals surface area contributed by atoms with Crippen molar-refractivity contribution in [3.63, 3.8) is 0 Å². The number of aryl methyl sites for hydroxylation is 1. The van der Waals surface area contributed by atoms with Crippen molar-refractivity contribution in [2.75, 3.05) is 0 Å². The lowest BCUT2D eigenvalue weighted by atomic mass is 9.63. The maximum atomic E-state index is 5.68. The first-order valence-electron chi connectivity index (χ1n) is 6.02. The highest BCUT2D eigenvalue weighted by molar-refractivity contribution is 5.38. The molecule has 0 spiro atoms. The van der Waals surface area contributed by atoms with Crippen LogP contribution in [0.5, 0.6) is 0 Å². The first-order chi connectivity index (χ1) is 7.60. The monoisotopic (exact) mass is 214 g/mol. The second-order valence-electron chi connectivity index (χ2n) is 5.53. The molecule has 0 amide bonds. The molecule has 0 aliphatic heterocycles. The molecule has 1 nitrogen and oxygen atoms in total. The molecule has 2 atom stereocenters. The van der Waals surface area contributed by atoms with Crippen molar-refractivity contribution in [2.45, 2.75) is 33.6 Å². The topological polar surface area (TPSA) is 13.1 Å². The van der Waals surface area contributed by atoms with Gasteiger partial charge < -0.3 is 4.42 Å². The minimum absolute atomic E-state index is 0.260. The van der Waals surface area contributed by atoms with Gasteiger partial charge in [0.1, 0.15) is 5.76 Å². The van der Waals surface area contributed by atoms with Gasteiger partial charge in [-0.1, -0.05) is 30.7 Å². The predicted octanol–water partition coefficient (Wildman–Crippen LogP) is 3.83. The van der Waals surface area contributed by atoms with E-state index in [1.54, 1.807) is 0 Å². The summed E-state index contributed by atoms with van der Waals surface area (Å²) in [6.45, 7) is 6.76. The molecule has 16 heavy (non-hydrogen) atoms. The van der Waals surface area contributed by atoms with Gasteiger partial charge >= 0.3 is 0 Å². The van der Waals surface area contributed by atoms with E-state index in [2.05, 4.69) is 39.0 Å². The maximum absolute atomic E-state index is 5.68. The Morgan fingerprint density at radius 3 is 3.00 bits per heavy atom. The van der Waals surface area contributed by atoms with Gasteiger partial charge in [0.15, 0.2) is 0 Å². The minimum Gasteiger partial charge on any atom is -0.469 e. The van der Waals surface area contributed by atoms with Crippen LogP contribution in [0.15, 0.2) is 34.5 Å². The van der Waals surface area contributed by atoms with Gasteiger partial charge in [0.25, 0.3) is 0 Å². The van der Waals surface area contributed by atoms with Crippen molar-refractivity contribution >= 4 is 0 Å². The summed E-state index contributed by atoms with van der Waals surface area (Å²) >= 11 is 0. The Kier molecular flexibility index (Phi) is 1.95. The zero-order chi connectivity index (χ0) is 11.3. The van der Waals surface area contributed by atoms with E-state index in [1.807, 2.05) is 6.26 Å². The summed E-state index contributed by atoms with van der Waals surface area (Å²) in [6, 6.07) is 0. The Labute approximate surface area is 96.8 Å². The quantitative estimate of drug-likeness (QED) is 0.639. The molecule has 0 aromatic carbocycles. The highest BCUT2D eigenvalue weighted by Crippen LogP contribution is 2.47. The van der Waals surface area contributed by atoms with E-state index in [0.29, 0.717) is 5.92 Å². The van der Waals surface area contributed by atoms with Crippen LogP contribution < -0.4 is 0 Å². The van der Waals surface area contributed by atoms with Crippen molar-refractivity contribution in [1.29, 1.82) is 0 Å². The zero-order valence-corrected chi connectivity index (χ0v) is 10.2. The molecule has 3 rings (SSSR count). The molecule has 0 N–H and O–H groups in total. The zero-order valence-electron chi connectivity index (χ0n) is 10.2. The number of fused-ring (bicyclic) bond motifs is 2. The van der Waals surface area contributed by atoms with Crippen molar-refractivity contribution in [3.05, 3.63) is 47.0 Å². The average Bonchev–Trinajstić information content (AvgIpc) is 2.57. The summed E-state index contributed by atoms with van der Waals surface area (Å²) in [5.74, 6) is 1.86. The molecular formula is C15H18O. The summed E-state index contributed by atoms with van der Waals surface area (Å²) in [4.78, 5) is 0. The van der Waals surface area contributed by atoms with E-state index >= 15 is 0 Å². The Bertz CT molecular complexity index is 490. The van der Waals surface area contributed by atoms with Crippen molar-refractivity contribution in [3.8, 4) is 0 Å². The number of furan rings is 1. The molecule has 0 fully saturated rings. The number of rotatable bonds is 0. The summed E-state index contributed by atoms with van der Waals surface area (Å²) < 4.78 is 5.68. The second kappa shape index (κ2) is 3.13. The molecule has 2 unspecified atom stereocenters. The van der Waals surface area contributed by atoms with Gasteiger partial charge in [0, 0.05) is 6.42 Å². The van der Waals surface area contributed by atoms with Gasteiger partial charge in [-0.3, -0.25) is 0 Å². The van der Waals surface area contributed by atoms with Crippen molar-refractivity contribution < 1.29 is 4.42 Å². The highest BCUT2D eigenvalue weighted by atomic mass is 16.3. The molecule has 0 radical (unpaired) electrons. The van der Waals surface area contributed by atoms with Crippen LogP contribution in [0.25, 0.3) is 0 Å². The van der Waals surface area contributed by atoms with E-state index in [0.717, 1.165) is 12.8 Å². The van der Waals surface area contributed by atoms with E-state index in [9.17, 15) is 0 Å². The number of hydrogen-bond donors (Lipinski definition) is 0. The van der Waals surface area contributed by atoms with Gasteiger partial charge in [0.2, 0.25) is 0 Å². The van der Waals surface area contributed by atoms with Crippen LogP contribution in [0, 0.1) is 18.3 Å². The van der Waals surface area contributed by atoms with Crippen molar-refractivity contribution in [1.82, 2.24) is 0 Å². The molecule has 0 bridgehead atoms. The lowest BCUT2D eigenvalue weighted by Gasteiger charge is -2.41. The average molecular weight is 214 g/mol. The Balaban J connectivity index is 2.09. The van der Waals surface area contributed by atoms with Crippen LogP contribution in [0.4, 0.5) is 0 Å². The molecule has 1 aromatic rings. The van der Waals surface area contributed by atoms with Crippen LogP contribution in [0.2, 0.25) is 0 Å². The summed E-state index contributed by atoms with van der Waals surface area (Å²) in [6.07, 6.45) is 10.9. The fraction of sp³-hybridized carbons (Fsp3) is 0.467. The van der Waals surface area contributed by atoms with Crippen LogP contribution in [-0.2, 0) is 12.8 Å². The van der Waals surface area contributed by atoms with E-state index in [-0.39, 0.29) is 5.41 Å². The van der Waals surface area contributed by atoms with E-state index in [4.69, 9.17) is 4.42 Å². The minimum atomic E-state index is 0.260. The SMILES string of the molecule is CC1=CC=CC2(C)Cc3occ(C)c3CC12. The lowest BCUT2D eigenvalue weighted by molar-refractivity contribution is 0.244. The normalized spacial score (nSPS) is 31.9. The Hall–Kier alpha value is -1.24. The molecule has 1 heteroatoms. The van der Waals surface area contributed by atoms with Gasteiger partial charge in [-0.15, -0.1) is 0 Å². The van der Waals surface area contributed by atoms with E-state index in [1.165, 1.54) is 22.5 Å². The Morgan fingerprint density at radius 1 is 1.38 bits per heavy atom. The standard InChI is InChI=1S/C15H18O/c1-10-5-4-6-15(3)8-14-12(7-13(10)15)11(2)9-16-14/h4-6,9,13H,7-8H2,1-3H3. The third-order valence-electron chi connectivity index (χ3n) is 4.32. The molecule has 2 aliphatic carbocycles. The van der Waals surface area contributed by atoms with Crippen LogP contribution >= 0.6 is 0 Å². The predicted molar refractivity (Wildman–Crippen MR) is 65.3 cm³/mol. The first kappa shape index (κ1) is 9.95. The molecular weight excluding hydrogens is 196 g/mol. The van der Waals surface area contributed by atoms with Gasteiger partial charge in [0.05, 0.1) is 6.26 Å². The summed E-state index contributed by atoms with van der Waals surface area (Å²) in [5.41, 5.74) is 4.54. The molecule has 2 aliphatic rings. The smallest absolute Gasteiger partial charge is 0.108 e. The van der Waals surface area contributed by atoms with E-state index < -0.39 is 0 Å². The van der Waals surface area contributed by atoms with Gasteiger partial charge in [-0.05, 0) is 42.7 Å². The maximum Gasteiger partial charge on any atom is 0.108 e. The fourth-order valence-corrected chi connectivity index (χ4v) is 3.24. The van der Waals surface area contributed by atoms with Crippen LogP contribution in [-0.4, -0.2) is 0 Å². The molecule has 0 saturated carbocycles. The third kappa shape index (κ3) is 1.24. The molecule has 1 heterocycles. The van der Waals surface area contributed by atoms with Crippen LogP contribution in [0.1, 0.15) is 30.7 Å². The lowest BCUT2D eigenvalue weighted by Crippen LogP contribution is -2.35. The van der Waals surface area contributed by atoms with Gasteiger partial charge in [-0.2, -0.15) is 0 Å². The fourth-order valence-electron chi connectivity index (χ4n) is 3.24. The van der Waals surface area contributed by atoms with Gasteiger partial charge in [-0.25, -0.2) is 0 Å². The molecule has 1 aromatic heterocycles. The summed E-state index contributed by atoms with van der Waals surface area (Å²) in [5, 5.41) is 0. The number of hydrogen-bond acceptors (Lipinski definition) is 1. The third-order valence-corrected chi connectivity index (χ3v) is 4.32. The van der Waals surface area contributed by atoms with Crippen LogP contribution in [0.3, 0.4) is 0 Å². The first-order valence-corrected chi connectivity index (χ1v) is 6.02.